The Bertz CT molecular complexity index is 1680. The second-order valence-corrected chi connectivity index (χ2v) is 9.07. The van der Waals surface area contributed by atoms with E-state index in [4.69, 9.17) is 44.3 Å². The average molecular weight is 552 g/mol. The number of aromatic nitrogens is 1. The van der Waals surface area contributed by atoms with Crippen LogP contribution in [0, 0.1) is 5.82 Å². The summed E-state index contributed by atoms with van der Waals surface area (Å²) in [7, 11) is 0. The normalized spacial score (nSPS) is 11.2. The van der Waals surface area contributed by atoms with Crippen LogP contribution < -0.4 is 10.6 Å². The lowest BCUT2D eigenvalue weighted by atomic mass is 10.2. The molecule has 0 atom stereocenters. The molecule has 3 aromatic carbocycles. The molecular formula is C27H16Cl2FN3O3S. The minimum atomic E-state index is -0.448. The lowest BCUT2D eigenvalue weighted by molar-refractivity contribution is -0.115. The number of rotatable bonds is 5. The minimum absolute atomic E-state index is 0.0935. The number of oxazole rings is 1. The third-order valence-electron chi connectivity index (χ3n) is 5.18. The van der Waals surface area contributed by atoms with Gasteiger partial charge < -0.3 is 14.2 Å². The van der Waals surface area contributed by atoms with E-state index in [0.717, 1.165) is 0 Å². The lowest BCUT2D eigenvalue weighted by Gasteiger charge is -2.07. The summed E-state index contributed by atoms with van der Waals surface area (Å²) in [6, 6.07) is 19.7. The lowest BCUT2D eigenvalue weighted by Crippen LogP contribution is -2.32. The second kappa shape index (κ2) is 10.6. The fourth-order valence-electron chi connectivity index (χ4n) is 3.50. The van der Waals surface area contributed by atoms with Crippen LogP contribution in [-0.4, -0.2) is 16.0 Å². The van der Waals surface area contributed by atoms with Gasteiger partial charge in [-0.2, -0.15) is 0 Å². The van der Waals surface area contributed by atoms with Gasteiger partial charge in [0.25, 0.3) is 0 Å². The third-order valence-corrected chi connectivity index (χ3v) is 5.93. The monoisotopic (exact) mass is 551 g/mol. The molecule has 5 aromatic rings. The quantitative estimate of drug-likeness (QED) is 0.172. The van der Waals surface area contributed by atoms with Crippen molar-refractivity contribution in [1.82, 2.24) is 10.3 Å². The first-order valence-electron chi connectivity index (χ1n) is 10.9. The van der Waals surface area contributed by atoms with Gasteiger partial charge in [-0.15, -0.1) is 0 Å². The summed E-state index contributed by atoms with van der Waals surface area (Å²) < 4.78 is 25.0. The van der Waals surface area contributed by atoms with Crippen molar-refractivity contribution in [2.45, 2.75) is 0 Å². The Morgan fingerprint density at radius 2 is 1.86 bits per heavy atom. The number of carbonyl (C=O) groups excluding carboxylic acids is 1. The molecular weight excluding hydrogens is 536 g/mol. The Kier molecular flexibility index (Phi) is 7.05. The molecule has 2 N–H and O–H groups in total. The van der Waals surface area contributed by atoms with E-state index in [2.05, 4.69) is 15.6 Å². The first-order valence-corrected chi connectivity index (χ1v) is 12.0. The molecule has 0 aliphatic rings. The highest BCUT2D eigenvalue weighted by Gasteiger charge is 2.11. The number of hydrogen-bond acceptors (Lipinski definition) is 5. The molecule has 0 radical (unpaired) electrons. The molecule has 6 nitrogen and oxygen atoms in total. The summed E-state index contributed by atoms with van der Waals surface area (Å²) in [5.41, 5.74) is 2.89. The Labute approximate surface area is 225 Å². The Morgan fingerprint density at radius 1 is 1.00 bits per heavy atom. The van der Waals surface area contributed by atoms with Crippen molar-refractivity contribution in [3.63, 3.8) is 0 Å². The Balaban J connectivity index is 1.21. The summed E-state index contributed by atoms with van der Waals surface area (Å²) in [6.45, 7) is 0. The van der Waals surface area contributed by atoms with Gasteiger partial charge in [-0.25, -0.2) is 9.37 Å². The van der Waals surface area contributed by atoms with Crippen LogP contribution in [-0.2, 0) is 4.79 Å². The van der Waals surface area contributed by atoms with Gasteiger partial charge in [-0.1, -0.05) is 29.3 Å². The van der Waals surface area contributed by atoms with Crippen LogP contribution in [0.25, 0.3) is 40.0 Å². The molecule has 184 valence electrons. The van der Waals surface area contributed by atoms with E-state index < -0.39 is 5.91 Å². The molecule has 37 heavy (non-hydrogen) atoms. The highest BCUT2D eigenvalue weighted by Crippen LogP contribution is 2.32. The van der Waals surface area contributed by atoms with Crippen molar-refractivity contribution in [2.75, 3.05) is 5.32 Å². The fraction of sp³-hybridized carbons (Fsp3) is 0. The molecule has 2 heterocycles. The van der Waals surface area contributed by atoms with Gasteiger partial charge >= 0.3 is 0 Å². The largest absolute Gasteiger partial charge is 0.457 e. The highest BCUT2D eigenvalue weighted by atomic mass is 35.5. The SMILES string of the molecule is O=C(/C=C/c1ccc(-c2ccc(Cl)cc2Cl)o1)NC(=S)Nc1ccc2oc(-c3cccc(F)c3)nc2c1. The number of fused-ring (bicyclic) bond motifs is 1. The van der Waals surface area contributed by atoms with Crippen LogP contribution in [0.2, 0.25) is 10.0 Å². The Hall–Kier alpha value is -3.98. The van der Waals surface area contributed by atoms with Crippen LogP contribution >= 0.6 is 35.4 Å². The van der Waals surface area contributed by atoms with Gasteiger partial charge in [0.15, 0.2) is 10.7 Å². The van der Waals surface area contributed by atoms with Crippen molar-refractivity contribution in [1.29, 1.82) is 0 Å². The molecule has 0 unspecified atom stereocenters. The van der Waals surface area contributed by atoms with Gasteiger partial charge in [-0.05, 0) is 85.0 Å². The average Bonchev–Trinajstić information content (AvgIpc) is 3.49. The number of hydrogen-bond donors (Lipinski definition) is 2. The van der Waals surface area contributed by atoms with Crippen molar-refractivity contribution >= 4 is 69.3 Å². The number of nitrogens with one attached hydrogen (secondary N) is 2. The Morgan fingerprint density at radius 3 is 2.68 bits per heavy atom. The van der Waals surface area contributed by atoms with E-state index in [-0.39, 0.29) is 10.9 Å². The van der Waals surface area contributed by atoms with E-state index >= 15 is 0 Å². The van der Waals surface area contributed by atoms with Crippen LogP contribution in [0.4, 0.5) is 10.1 Å². The number of thiocarbonyl (C=S) groups is 1. The number of benzene rings is 3. The van der Waals surface area contributed by atoms with Gasteiger partial charge in [0, 0.05) is 27.9 Å². The molecule has 0 aliphatic heterocycles. The first-order chi connectivity index (χ1) is 17.8. The smallest absolute Gasteiger partial charge is 0.250 e. The number of carbonyl (C=O) groups is 1. The standard InChI is InChI=1S/C27H16Cl2FN3O3S/c28-16-4-8-20(21(29)13-16)23-10-6-19(35-23)7-11-25(34)33-27(37)31-18-5-9-24-22(14-18)32-26(36-24)15-2-1-3-17(30)12-15/h1-14H,(H2,31,33,34,37)/b11-7+. The van der Waals surface area contributed by atoms with E-state index in [1.165, 1.54) is 24.3 Å². The number of halogens is 3. The van der Waals surface area contributed by atoms with Gasteiger partial charge in [0.1, 0.15) is 22.9 Å². The van der Waals surface area contributed by atoms with Crippen molar-refractivity contribution in [3.05, 3.63) is 100 Å². The topological polar surface area (TPSA) is 80.3 Å². The highest BCUT2D eigenvalue weighted by molar-refractivity contribution is 7.80. The number of furan rings is 1. The molecule has 0 spiro atoms. The maximum absolute atomic E-state index is 13.5. The van der Waals surface area contributed by atoms with E-state index in [1.807, 2.05) is 0 Å². The van der Waals surface area contributed by atoms with Crippen molar-refractivity contribution < 1.29 is 18.0 Å². The molecule has 0 aliphatic carbocycles. The van der Waals surface area contributed by atoms with E-state index in [9.17, 15) is 9.18 Å². The molecule has 0 bridgehead atoms. The molecule has 0 fully saturated rings. The second-order valence-electron chi connectivity index (χ2n) is 7.81. The van der Waals surface area contributed by atoms with E-state index in [0.29, 0.717) is 55.4 Å². The van der Waals surface area contributed by atoms with Crippen LogP contribution in [0.15, 0.2) is 87.7 Å². The van der Waals surface area contributed by atoms with Crippen LogP contribution in [0.3, 0.4) is 0 Å². The maximum atomic E-state index is 13.5. The van der Waals surface area contributed by atoms with Crippen molar-refractivity contribution in [2.24, 2.45) is 0 Å². The van der Waals surface area contributed by atoms with Crippen LogP contribution in [0.1, 0.15) is 5.76 Å². The van der Waals surface area contributed by atoms with Gasteiger partial charge in [0.05, 0.1) is 5.02 Å². The van der Waals surface area contributed by atoms with Gasteiger partial charge in [0.2, 0.25) is 11.8 Å². The van der Waals surface area contributed by atoms with Crippen molar-refractivity contribution in [3.8, 4) is 22.8 Å². The summed E-state index contributed by atoms with van der Waals surface area (Å²) in [6.07, 6.45) is 2.81. The number of nitrogens with zero attached hydrogens (tertiary/aromatic N) is 1. The number of amides is 1. The summed E-state index contributed by atoms with van der Waals surface area (Å²) in [5.74, 6) is 0.474. The zero-order chi connectivity index (χ0) is 25.9. The first kappa shape index (κ1) is 24.7. The van der Waals surface area contributed by atoms with E-state index in [1.54, 1.807) is 60.7 Å². The summed E-state index contributed by atoms with van der Waals surface area (Å²) in [4.78, 5) is 16.7. The third kappa shape index (κ3) is 5.89. The maximum Gasteiger partial charge on any atom is 0.250 e. The predicted octanol–water partition coefficient (Wildman–Crippen LogP) is 7.73. The summed E-state index contributed by atoms with van der Waals surface area (Å²) in [5, 5.41) is 6.58. The molecule has 10 heteroatoms. The minimum Gasteiger partial charge on any atom is -0.457 e. The predicted molar refractivity (Wildman–Crippen MR) is 147 cm³/mol. The molecule has 2 aromatic heterocycles. The molecule has 1 amide bonds. The van der Waals surface area contributed by atoms with Gasteiger partial charge in [-0.3, -0.25) is 10.1 Å². The van der Waals surface area contributed by atoms with Crippen LogP contribution in [0.5, 0.6) is 0 Å². The zero-order valence-electron chi connectivity index (χ0n) is 18.8. The molecule has 0 saturated carbocycles. The molecule has 5 rings (SSSR count). The summed E-state index contributed by atoms with van der Waals surface area (Å²) >= 11 is 17.4. The number of anilines is 1. The fourth-order valence-corrected chi connectivity index (χ4v) is 4.22. The molecule has 0 saturated heterocycles. The zero-order valence-corrected chi connectivity index (χ0v) is 21.1.